The van der Waals surface area contributed by atoms with Gasteiger partial charge in [-0.2, -0.15) is 5.10 Å². The number of nitrogens with zero attached hydrogens (tertiary/aromatic N) is 3. The van der Waals surface area contributed by atoms with Gasteiger partial charge in [0.05, 0.1) is 11.7 Å². The molecule has 0 saturated carbocycles. The van der Waals surface area contributed by atoms with Gasteiger partial charge in [0.1, 0.15) is 5.75 Å². The molecular weight excluding hydrogens is 262 g/mol. The average molecular weight is 285 g/mol. The normalized spacial score (nSPS) is 20.3. The van der Waals surface area contributed by atoms with Gasteiger partial charge in [-0.05, 0) is 31.5 Å². The number of aromatic nitrogens is 2. The average Bonchev–Trinajstić information content (AvgIpc) is 2.77. The van der Waals surface area contributed by atoms with Gasteiger partial charge in [-0.15, -0.1) is 0 Å². The fourth-order valence-corrected chi connectivity index (χ4v) is 3.17. The molecule has 1 aliphatic rings. The van der Waals surface area contributed by atoms with Gasteiger partial charge in [0.15, 0.2) is 0 Å². The molecule has 0 radical (unpaired) electrons. The Kier molecular flexibility index (Phi) is 4.25. The van der Waals surface area contributed by atoms with E-state index in [-0.39, 0.29) is 0 Å². The monoisotopic (exact) mass is 285 g/mol. The number of rotatable bonds is 3. The third kappa shape index (κ3) is 3.27. The highest BCUT2D eigenvalue weighted by molar-refractivity contribution is 5.31. The van der Waals surface area contributed by atoms with E-state index < -0.39 is 0 Å². The number of hydrogen-bond acceptors (Lipinski definition) is 3. The van der Waals surface area contributed by atoms with Crippen molar-refractivity contribution in [2.75, 3.05) is 6.54 Å². The Labute approximate surface area is 126 Å². The van der Waals surface area contributed by atoms with E-state index in [9.17, 15) is 5.11 Å². The predicted octanol–water partition coefficient (Wildman–Crippen LogP) is 3.24. The van der Waals surface area contributed by atoms with Crippen molar-refractivity contribution in [1.82, 2.24) is 14.7 Å². The number of phenolic OH excluding ortho intramolecular Hbond substituents is 1. The van der Waals surface area contributed by atoms with Crippen molar-refractivity contribution >= 4 is 0 Å². The van der Waals surface area contributed by atoms with Gasteiger partial charge < -0.3 is 5.11 Å². The molecule has 2 aromatic rings. The summed E-state index contributed by atoms with van der Waals surface area (Å²) in [5, 5.41) is 14.6. The van der Waals surface area contributed by atoms with Crippen molar-refractivity contribution in [2.24, 2.45) is 7.05 Å². The zero-order chi connectivity index (χ0) is 14.7. The van der Waals surface area contributed by atoms with Crippen LogP contribution in [0.2, 0.25) is 0 Å². The van der Waals surface area contributed by atoms with Crippen LogP contribution in [-0.4, -0.2) is 26.3 Å². The Bertz CT molecular complexity index is 593. The molecule has 1 fully saturated rings. The van der Waals surface area contributed by atoms with E-state index in [2.05, 4.69) is 16.1 Å². The Morgan fingerprint density at radius 3 is 2.81 bits per heavy atom. The summed E-state index contributed by atoms with van der Waals surface area (Å²) >= 11 is 0. The molecule has 4 heteroatoms. The van der Waals surface area contributed by atoms with Crippen LogP contribution >= 0.6 is 0 Å². The van der Waals surface area contributed by atoms with Crippen LogP contribution in [-0.2, 0) is 13.6 Å². The molecule has 0 spiro atoms. The highest BCUT2D eigenvalue weighted by Crippen LogP contribution is 2.31. The molecule has 112 valence electrons. The fourth-order valence-electron chi connectivity index (χ4n) is 3.17. The minimum absolute atomic E-state index is 0.355. The van der Waals surface area contributed by atoms with Gasteiger partial charge in [0.2, 0.25) is 0 Å². The van der Waals surface area contributed by atoms with Gasteiger partial charge in [-0.25, -0.2) is 0 Å². The Morgan fingerprint density at radius 2 is 2.05 bits per heavy atom. The summed E-state index contributed by atoms with van der Waals surface area (Å²) in [4.78, 5) is 2.46. The molecule has 3 rings (SSSR count). The number of aromatic hydroxyl groups is 1. The SMILES string of the molecule is Cn1ccc(C2CCCCCN2Cc2ccccc2O)n1. The molecule has 0 amide bonds. The third-order valence-electron chi connectivity index (χ3n) is 4.30. The zero-order valence-corrected chi connectivity index (χ0v) is 12.6. The number of benzene rings is 1. The van der Waals surface area contributed by atoms with Crippen molar-refractivity contribution in [2.45, 2.75) is 38.3 Å². The molecule has 2 heterocycles. The number of phenols is 1. The van der Waals surface area contributed by atoms with Crippen LogP contribution in [0, 0.1) is 0 Å². The molecule has 1 aromatic carbocycles. The first-order valence-corrected chi connectivity index (χ1v) is 7.74. The largest absolute Gasteiger partial charge is 0.508 e. The van der Waals surface area contributed by atoms with Crippen molar-refractivity contribution in [1.29, 1.82) is 0 Å². The van der Waals surface area contributed by atoms with Crippen LogP contribution in [0.15, 0.2) is 36.5 Å². The minimum Gasteiger partial charge on any atom is -0.508 e. The first-order chi connectivity index (χ1) is 10.2. The number of aryl methyl sites for hydroxylation is 1. The standard InChI is InChI=1S/C17H23N3O/c1-19-12-10-15(18-19)16-8-3-2-6-11-20(16)13-14-7-4-5-9-17(14)21/h4-5,7,9-10,12,16,21H,2-3,6,8,11,13H2,1H3. The van der Waals surface area contributed by atoms with Crippen molar-refractivity contribution in [3.05, 3.63) is 47.8 Å². The maximum Gasteiger partial charge on any atom is 0.120 e. The molecule has 4 nitrogen and oxygen atoms in total. The molecule has 1 atom stereocenters. The maximum absolute atomic E-state index is 10.0. The Hall–Kier alpha value is -1.81. The molecule has 0 bridgehead atoms. The summed E-state index contributed by atoms with van der Waals surface area (Å²) in [7, 11) is 1.97. The van der Waals surface area contributed by atoms with Gasteiger partial charge in [0.25, 0.3) is 0 Å². The van der Waals surface area contributed by atoms with Crippen LogP contribution in [0.5, 0.6) is 5.75 Å². The predicted molar refractivity (Wildman–Crippen MR) is 82.9 cm³/mol. The summed E-state index contributed by atoms with van der Waals surface area (Å²) in [6, 6.07) is 10.1. The van der Waals surface area contributed by atoms with Gasteiger partial charge in [-0.3, -0.25) is 9.58 Å². The summed E-state index contributed by atoms with van der Waals surface area (Å²) in [6.45, 7) is 1.85. The molecule has 1 aliphatic heterocycles. The van der Waals surface area contributed by atoms with E-state index in [1.165, 1.54) is 19.3 Å². The Morgan fingerprint density at radius 1 is 1.19 bits per heavy atom. The third-order valence-corrected chi connectivity index (χ3v) is 4.30. The highest BCUT2D eigenvalue weighted by Gasteiger charge is 2.25. The molecule has 1 saturated heterocycles. The maximum atomic E-state index is 10.0. The minimum atomic E-state index is 0.355. The molecule has 1 N–H and O–H groups in total. The summed E-state index contributed by atoms with van der Waals surface area (Å²) < 4.78 is 1.87. The number of likely N-dealkylation sites (tertiary alicyclic amines) is 1. The molecule has 1 aromatic heterocycles. The summed E-state index contributed by atoms with van der Waals surface area (Å²) in [5.41, 5.74) is 2.15. The van der Waals surface area contributed by atoms with Crippen LogP contribution < -0.4 is 0 Å². The lowest BCUT2D eigenvalue weighted by Crippen LogP contribution is -2.28. The van der Waals surface area contributed by atoms with Crippen molar-refractivity contribution in [3.8, 4) is 5.75 Å². The molecule has 1 unspecified atom stereocenters. The van der Waals surface area contributed by atoms with E-state index in [0.29, 0.717) is 11.8 Å². The smallest absolute Gasteiger partial charge is 0.120 e. The van der Waals surface area contributed by atoms with Crippen LogP contribution in [0.25, 0.3) is 0 Å². The van der Waals surface area contributed by atoms with E-state index >= 15 is 0 Å². The van der Waals surface area contributed by atoms with Crippen LogP contribution in [0.3, 0.4) is 0 Å². The fraction of sp³-hybridized carbons (Fsp3) is 0.471. The van der Waals surface area contributed by atoms with E-state index in [1.54, 1.807) is 6.07 Å². The molecule has 0 aliphatic carbocycles. The van der Waals surface area contributed by atoms with Crippen LogP contribution in [0.1, 0.15) is 43.0 Å². The quantitative estimate of drug-likeness (QED) is 0.941. The lowest BCUT2D eigenvalue weighted by molar-refractivity contribution is 0.186. The second-order valence-electron chi connectivity index (χ2n) is 5.88. The topological polar surface area (TPSA) is 41.3 Å². The highest BCUT2D eigenvalue weighted by atomic mass is 16.3. The number of hydrogen-bond donors (Lipinski definition) is 1. The molecular formula is C17H23N3O. The Balaban J connectivity index is 1.84. The summed E-state index contributed by atoms with van der Waals surface area (Å²) in [5.74, 6) is 0.390. The van der Waals surface area contributed by atoms with Crippen molar-refractivity contribution in [3.63, 3.8) is 0 Å². The zero-order valence-electron chi connectivity index (χ0n) is 12.6. The van der Waals surface area contributed by atoms with Crippen LogP contribution in [0.4, 0.5) is 0 Å². The second-order valence-corrected chi connectivity index (χ2v) is 5.88. The van der Waals surface area contributed by atoms with Crippen molar-refractivity contribution < 1.29 is 5.11 Å². The summed E-state index contributed by atoms with van der Waals surface area (Å²) in [6.07, 6.45) is 6.90. The van der Waals surface area contributed by atoms with Gasteiger partial charge in [0, 0.05) is 25.4 Å². The lowest BCUT2D eigenvalue weighted by atomic mass is 10.1. The lowest BCUT2D eigenvalue weighted by Gasteiger charge is -2.29. The second kappa shape index (κ2) is 6.31. The first kappa shape index (κ1) is 14.1. The van der Waals surface area contributed by atoms with Gasteiger partial charge in [-0.1, -0.05) is 31.0 Å². The number of para-hydroxylation sites is 1. The van der Waals surface area contributed by atoms with Gasteiger partial charge >= 0.3 is 0 Å². The van der Waals surface area contributed by atoms with E-state index in [1.807, 2.05) is 36.1 Å². The first-order valence-electron chi connectivity index (χ1n) is 7.74. The van der Waals surface area contributed by atoms with E-state index in [4.69, 9.17) is 0 Å². The van der Waals surface area contributed by atoms with E-state index in [0.717, 1.165) is 30.8 Å². The molecule has 21 heavy (non-hydrogen) atoms.